The highest BCUT2D eigenvalue weighted by molar-refractivity contribution is 7.15. The molecule has 0 spiro atoms. The molecule has 0 saturated carbocycles. The average Bonchev–Trinajstić information content (AvgIpc) is 3.20. The van der Waals surface area contributed by atoms with E-state index in [-0.39, 0.29) is 5.56 Å². The number of amides is 1. The van der Waals surface area contributed by atoms with Gasteiger partial charge < -0.3 is 14.8 Å². The summed E-state index contributed by atoms with van der Waals surface area (Å²) in [6.45, 7) is 2.32. The molecule has 0 aliphatic heterocycles. The van der Waals surface area contributed by atoms with E-state index in [9.17, 15) is 9.59 Å². The highest BCUT2D eigenvalue weighted by Crippen LogP contribution is 2.27. The van der Waals surface area contributed by atoms with Crippen LogP contribution in [0.3, 0.4) is 0 Å². The topological polar surface area (TPSA) is 81.9 Å². The zero-order valence-corrected chi connectivity index (χ0v) is 17.2. The van der Waals surface area contributed by atoms with Gasteiger partial charge in [0.15, 0.2) is 4.96 Å². The van der Waals surface area contributed by atoms with Crippen LogP contribution in [0, 0.1) is 0 Å². The van der Waals surface area contributed by atoms with Gasteiger partial charge in [-0.25, -0.2) is 4.98 Å². The van der Waals surface area contributed by atoms with Crippen molar-refractivity contribution in [1.82, 2.24) is 9.38 Å². The number of hydrogen-bond donors (Lipinski definition) is 1. The normalized spacial score (nSPS) is 10.7. The largest absolute Gasteiger partial charge is 0.497 e. The van der Waals surface area contributed by atoms with E-state index < -0.39 is 11.5 Å². The number of aromatic nitrogens is 2. The van der Waals surface area contributed by atoms with E-state index in [1.165, 1.54) is 21.9 Å². The molecule has 30 heavy (non-hydrogen) atoms. The number of benzene rings is 2. The van der Waals surface area contributed by atoms with Crippen LogP contribution in [-0.4, -0.2) is 29.0 Å². The average molecular weight is 421 g/mol. The van der Waals surface area contributed by atoms with Crippen LogP contribution < -0.4 is 20.3 Å². The highest BCUT2D eigenvalue weighted by atomic mass is 32.1. The molecule has 1 amide bonds. The van der Waals surface area contributed by atoms with Gasteiger partial charge in [-0.15, -0.1) is 11.3 Å². The summed E-state index contributed by atoms with van der Waals surface area (Å²) in [7, 11) is 1.58. The molecule has 4 aromatic rings. The van der Waals surface area contributed by atoms with Crippen molar-refractivity contribution in [3.8, 4) is 22.8 Å². The minimum atomic E-state index is -0.545. The number of anilines is 1. The predicted octanol–water partition coefficient (Wildman–Crippen LogP) is 4.08. The predicted molar refractivity (Wildman–Crippen MR) is 117 cm³/mol. The Balaban J connectivity index is 1.75. The molecule has 0 bridgehead atoms. The van der Waals surface area contributed by atoms with Crippen LogP contribution in [0.2, 0.25) is 0 Å². The van der Waals surface area contributed by atoms with Crippen LogP contribution in [0.4, 0.5) is 5.69 Å². The van der Waals surface area contributed by atoms with Gasteiger partial charge in [-0.3, -0.25) is 14.0 Å². The summed E-state index contributed by atoms with van der Waals surface area (Å²) in [4.78, 5) is 30.9. The highest BCUT2D eigenvalue weighted by Gasteiger charge is 2.18. The summed E-state index contributed by atoms with van der Waals surface area (Å²) < 4.78 is 12.3. The Labute approximate surface area is 176 Å². The molecule has 1 N–H and O–H groups in total. The molecule has 0 aliphatic carbocycles. The maximum atomic E-state index is 13.2. The molecule has 2 aromatic carbocycles. The molecule has 0 fully saturated rings. The number of rotatable bonds is 6. The van der Waals surface area contributed by atoms with Crippen LogP contribution in [0.25, 0.3) is 16.2 Å². The number of ether oxygens (including phenoxy) is 2. The molecule has 8 heteroatoms. The molecular formula is C22H19N3O4S. The SMILES string of the molecule is CCOc1ccccc1NC(=O)c1cnc2scc(-c3cccc(OC)c3)n2c1=O. The van der Waals surface area contributed by atoms with Gasteiger partial charge in [0.2, 0.25) is 0 Å². The van der Waals surface area contributed by atoms with Crippen LogP contribution >= 0.6 is 11.3 Å². The molecule has 2 aromatic heterocycles. The number of thiazole rings is 1. The van der Waals surface area contributed by atoms with E-state index >= 15 is 0 Å². The van der Waals surface area contributed by atoms with Crippen molar-refractivity contribution in [3.05, 3.63) is 76.0 Å². The standard InChI is InChI=1S/C22H19N3O4S/c1-3-29-19-10-5-4-9-17(19)24-20(26)16-12-23-22-25(21(16)27)18(13-30-22)14-7-6-8-15(11-14)28-2/h4-13H,3H2,1-2H3,(H,24,26). The van der Waals surface area contributed by atoms with Gasteiger partial charge in [-0.2, -0.15) is 0 Å². The van der Waals surface area contributed by atoms with Crippen LogP contribution in [0.5, 0.6) is 11.5 Å². The van der Waals surface area contributed by atoms with E-state index in [4.69, 9.17) is 9.47 Å². The molecule has 2 heterocycles. The van der Waals surface area contributed by atoms with E-state index in [2.05, 4.69) is 10.3 Å². The van der Waals surface area contributed by atoms with Crippen LogP contribution in [0.15, 0.2) is 64.9 Å². The Morgan fingerprint density at radius 2 is 2.03 bits per heavy atom. The number of carbonyl (C=O) groups excluding carboxylic acids is 1. The number of carbonyl (C=O) groups is 1. The second-order valence-corrected chi connectivity index (χ2v) is 7.17. The second kappa shape index (κ2) is 8.38. The maximum absolute atomic E-state index is 13.2. The minimum Gasteiger partial charge on any atom is -0.497 e. The van der Waals surface area contributed by atoms with Gasteiger partial charge in [0.05, 0.1) is 25.1 Å². The Kier molecular flexibility index (Phi) is 5.49. The quantitative estimate of drug-likeness (QED) is 0.507. The molecule has 0 radical (unpaired) electrons. The lowest BCUT2D eigenvalue weighted by atomic mass is 10.1. The van der Waals surface area contributed by atoms with Crippen LogP contribution in [-0.2, 0) is 0 Å². The zero-order valence-electron chi connectivity index (χ0n) is 16.4. The fraction of sp³-hybridized carbons (Fsp3) is 0.136. The third-order valence-corrected chi connectivity index (χ3v) is 5.33. The van der Waals surface area contributed by atoms with Crippen molar-refractivity contribution in [2.24, 2.45) is 0 Å². The first-order chi connectivity index (χ1) is 14.6. The summed E-state index contributed by atoms with van der Waals surface area (Å²) in [6, 6.07) is 14.5. The van der Waals surface area contributed by atoms with E-state index in [1.807, 2.05) is 42.6 Å². The van der Waals surface area contributed by atoms with E-state index in [1.54, 1.807) is 25.3 Å². The molecule has 4 rings (SSSR count). The molecule has 0 unspecified atom stereocenters. The molecule has 0 aliphatic rings. The van der Waals surface area contributed by atoms with Crippen molar-refractivity contribution in [1.29, 1.82) is 0 Å². The Hall–Kier alpha value is -3.65. The van der Waals surface area contributed by atoms with Crippen molar-refractivity contribution in [3.63, 3.8) is 0 Å². The number of nitrogens with one attached hydrogen (secondary N) is 1. The summed E-state index contributed by atoms with van der Waals surface area (Å²) in [5.74, 6) is 0.668. The molecule has 7 nitrogen and oxygen atoms in total. The first-order valence-corrected chi connectivity index (χ1v) is 10.2. The molecule has 0 saturated heterocycles. The number of para-hydroxylation sites is 2. The first kappa shape index (κ1) is 19.7. The van der Waals surface area contributed by atoms with Gasteiger partial charge in [-0.1, -0.05) is 24.3 Å². The summed E-state index contributed by atoms with van der Waals surface area (Å²) in [5, 5.41) is 4.59. The number of hydrogen-bond acceptors (Lipinski definition) is 6. The maximum Gasteiger partial charge on any atom is 0.271 e. The lowest BCUT2D eigenvalue weighted by Gasteiger charge is -2.11. The van der Waals surface area contributed by atoms with Crippen molar-refractivity contribution < 1.29 is 14.3 Å². The van der Waals surface area contributed by atoms with Gasteiger partial charge in [0.1, 0.15) is 17.1 Å². The molecular weight excluding hydrogens is 402 g/mol. The van der Waals surface area contributed by atoms with Crippen molar-refractivity contribution >= 4 is 27.9 Å². The fourth-order valence-corrected chi connectivity index (χ4v) is 3.93. The van der Waals surface area contributed by atoms with Crippen molar-refractivity contribution in [2.45, 2.75) is 6.92 Å². The summed E-state index contributed by atoms with van der Waals surface area (Å²) in [5.41, 5.74) is 1.44. The smallest absolute Gasteiger partial charge is 0.271 e. The third kappa shape index (κ3) is 3.65. The van der Waals surface area contributed by atoms with E-state index in [0.29, 0.717) is 34.4 Å². The summed E-state index contributed by atoms with van der Waals surface area (Å²) in [6.07, 6.45) is 1.31. The Morgan fingerprint density at radius 1 is 1.20 bits per heavy atom. The number of nitrogens with zero attached hydrogens (tertiary/aromatic N) is 2. The van der Waals surface area contributed by atoms with Gasteiger partial charge in [-0.05, 0) is 31.2 Å². The van der Waals surface area contributed by atoms with Gasteiger partial charge >= 0.3 is 0 Å². The summed E-state index contributed by atoms with van der Waals surface area (Å²) >= 11 is 1.33. The van der Waals surface area contributed by atoms with Crippen molar-refractivity contribution in [2.75, 3.05) is 19.0 Å². The first-order valence-electron chi connectivity index (χ1n) is 9.29. The fourth-order valence-electron chi connectivity index (χ4n) is 3.07. The number of methoxy groups -OCH3 is 1. The monoisotopic (exact) mass is 421 g/mol. The van der Waals surface area contributed by atoms with E-state index in [0.717, 1.165) is 5.56 Å². The lowest BCUT2D eigenvalue weighted by Crippen LogP contribution is -2.26. The Bertz CT molecular complexity index is 1280. The van der Waals surface area contributed by atoms with Crippen LogP contribution in [0.1, 0.15) is 17.3 Å². The van der Waals surface area contributed by atoms with Gasteiger partial charge in [0.25, 0.3) is 11.5 Å². The lowest BCUT2D eigenvalue weighted by molar-refractivity contribution is 0.102. The number of fused-ring (bicyclic) bond motifs is 1. The molecule has 0 atom stereocenters. The Morgan fingerprint density at radius 3 is 2.83 bits per heavy atom. The second-order valence-electron chi connectivity index (χ2n) is 6.33. The molecule has 152 valence electrons. The zero-order chi connectivity index (χ0) is 21.1. The van der Waals surface area contributed by atoms with Gasteiger partial charge in [0, 0.05) is 17.1 Å². The third-order valence-electron chi connectivity index (χ3n) is 4.49. The minimum absolute atomic E-state index is 0.0543.